The molecule has 10 nitrogen and oxygen atoms in total. The minimum atomic E-state index is -0.694. The summed E-state index contributed by atoms with van der Waals surface area (Å²) in [6, 6.07) is 20.0. The van der Waals surface area contributed by atoms with Gasteiger partial charge in [-0.3, -0.25) is 4.79 Å². The van der Waals surface area contributed by atoms with Crippen molar-refractivity contribution in [2.24, 2.45) is 0 Å². The van der Waals surface area contributed by atoms with Gasteiger partial charge in [-0.25, -0.2) is 4.79 Å². The number of phenolic OH excluding ortho intramolecular Hbond substituents is 1. The lowest BCUT2D eigenvalue weighted by atomic mass is 9.93. The molecule has 6 aromatic rings. The second-order valence-corrected chi connectivity index (χ2v) is 13.2. The van der Waals surface area contributed by atoms with E-state index in [0.29, 0.717) is 62.7 Å². The van der Waals surface area contributed by atoms with E-state index in [9.17, 15) is 19.8 Å². The van der Waals surface area contributed by atoms with E-state index in [0.717, 1.165) is 16.7 Å². The normalized spacial score (nSPS) is 12.7. The molecule has 0 saturated heterocycles. The lowest BCUT2D eigenvalue weighted by Gasteiger charge is -2.31. The van der Waals surface area contributed by atoms with E-state index in [1.807, 2.05) is 64.1 Å². The summed E-state index contributed by atoms with van der Waals surface area (Å²) in [7, 11) is 4.69. The van der Waals surface area contributed by atoms with Crippen molar-refractivity contribution in [1.82, 2.24) is 0 Å². The van der Waals surface area contributed by atoms with E-state index < -0.39 is 11.2 Å². The maximum absolute atomic E-state index is 12.9. The van der Waals surface area contributed by atoms with Crippen LogP contribution in [0.3, 0.4) is 0 Å². The van der Waals surface area contributed by atoms with E-state index in [2.05, 4.69) is 6.08 Å². The molecule has 0 fully saturated rings. The van der Waals surface area contributed by atoms with Crippen molar-refractivity contribution in [3.05, 3.63) is 122 Å². The third kappa shape index (κ3) is 7.34. The molecule has 10 heteroatoms. The fourth-order valence-electron chi connectivity index (χ4n) is 6.07. The number of rotatable bonds is 7. The fourth-order valence-corrected chi connectivity index (χ4v) is 6.07. The number of fused-ring (bicyclic) bond motifs is 4. The van der Waals surface area contributed by atoms with Gasteiger partial charge in [-0.05, 0) is 88.2 Å². The average molecular weight is 717 g/mol. The van der Waals surface area contributed by atoms with Crippen LogP contribution in [0.1, 0.15) is 38.8 Å². The van der Waals surface area contributed by atoms with Crippen LogP contribution in [-0.4, -0.2) is 37.1 Å². The predicted molar refractivity (Wildman–Crippen MR) is 206 cm³/mol. The van der Waals surface area contributed by atoms with Gasteiger partial charge in [0.15, 0.2) is 11.0 Å². The molecule has 0 radical (unpaired) electrons. The number of hydrogen-bond donors (Lipinski definition) is 2. The number of allylic oxidation sites excluding steroid dienone is 2. The Morgan fingerprint density at radius 3 is 2.23 bits per heavy atom. The number of hydrogen-bond acceptors (Lipinski definition) is 10. The molecule has 272 valence electrons. The van der Waals surface area contributed by atoms with Crippen molar-refractivity contribution >= 4 is 28.0 Å². The van der Waals surface area contributed by atoms with Crippen LogP contribution >= 0.6 is 0 Å². The first-order valence-electron chi connectivity index (χ1n) is 16.8. The van der Waals surface area contributed by atoms with Crippen LogP contribution in [0, 0.1) is 0 Å². The van der Waals surface area contributed by atoms with Crippen molar-refractivity contribution < 1.29 is 38.0 Å². The Kier molecular flexibility index (Phi) is 10.1. The summed E-state index contributed by atoms with van der Waals surface area (Å²) >= 11 is 0. The van der Waals surface area contributed by atoms with Gasteiger partial charge < -0.3 is 38.0 Å². The third-order valence-corrected chi connectivity index (χ3v) is 8.75. The van der Waals surface area contributed by atoms with Crippen LogP contribution in [0.25, 0.3) is 50.5 Å². The standard InChI is InChI=1S/C26H26O6.C17H14O4/c1-14(2)6-11-17-22-18(12-13-26(3,4)32-22)24-20(23(17)30-5)21(28)19(25(29)31-24)15-7-9-16(27)10-8-15;1-19-12-5-3-4-11(8-12)16-10-15(18)14-7-6-13(20-2)9-17(14)21-16/h6-10,12-13,27-28H,11H2,1-5H3;3-10H,1-2H3. The largest absolute Gasteiger partial charge is 0.508 e. The van der Waals surface area contributed by atoms with Crippen molar-refractivity contribution in [1.29, 1.82) is 0 Å². The zero-order valence-electron chi connectivity index (χ0n) is 30.5. The van der Waals surface area contributed by atoms with Gasteiger partial charge in [0.05, 0.1) is 32.3 Å². The molecule has 4 aromatic carbocycles. The summed E-state index contributed by atoms with van der Waals surface area (Å²) in [6.07, 6.45) is 6.31. The first-order chi connectivity index (χ1) is 25.3. The van der Waals surface area contributed by atoms with Gasteiger partial charge in [-0.1, -0.05) is 35.9 Å². The van der Waals surface area contributed by atoms with Crippen LogP contribution in [-0.2, 0) is 6.42 Å². The molecule has 3 heterocycles. The summed E-state index contributed by atoms with van der Waals surface area (Å²) in [5.74, 6) is 2.63. The molecule has 0 aliphatic carbocycles. The average Bonchev–Trinajstić information content (AvgIpc) is 3.14. The smallest absolute Gasteiger partial charge is 0.348 e. The quantitative estimate of drug-likeness (QED) is 0.122. The molecule has 0 bridgehead atoms. The highest BCUT2D eigenvalue weighted by molar-refractivity contribution is 6.02. The Bertz CT molecular complexity index is 2510. The summed E-state index contributed by atoms with van der Waals surface area (Å²) in [5, 5.41) is 21.7. The fraction of sp³-hybridized carbons (Fsp3) is 0.209. The summed E-state index contributed by atoms with van der Waals surface area (Å²) in [4.78, 5) is 25.1. The van der Waals surface area contributed by atoms with Gasteiger partial charge in [-0.15, -0.1) is 0 Å². The molecule has 7 rings (SSSR count). The number of phenols is 1. The van der Waals surface area contributed by atoms with Crippen molar-refractivity contribution in [2.45, 2.75) is 39.7 Å². The topological polar surface area (TPSA) is 138 Å². The highest BCUT2D eigenvalue weighted by Crippen LogP contribution is 2.49. The zero-order chi connectivity index (χ0) is 38.0. The lowest BCUT2D eigenvalue weighted by Crippen LogP contribution is -2.28. The van der Waals surface area contributed by atoms with E-state index in [1.165, 1.54) is 25.3 Å². The number of aromatic hydroxyl groups is 2. The van der Waals surface area contributed by atoms with Crippen molar-refractivity contribution in [3.63, 3.8) is 0 Å². The van der Waals surface area contributed by atoms with E-state index in [4.69, 9.17) is 27.8 Å². The first-order valence-corrected chi connectivity index (χ1v) is 16.8. The van der Waals surface area contributed by atoms with E-state index in [-0.39, 0.29) is 28.1 Å². The highest BCUT2D eigenvalue weighted by Gasteiger charge is 2.32. The first kappa shape index (κ1) is 36.4. The van der Waals surface area contributed by atoms with Crippen LogP contribution in [0.15, 0.2) is 109 Å². The highest BCUT2D eigenvalue weighted by atomic mass is 16.5. The SMILES string of the molecule is COc1c(CC=C(C)C)c2c(c3oc(=O)c(-c4ccc(O)cc4)c(O)c13)C=CC(C)(C)O2.COc1cccc(-c2cc(=O)c3ccc(OC)cc3o2)c1. The third-order valence-electron chi connectivity index (χ3n) is 8.75. The molecule has 2 aromatic heterocycles. The van der Waals surface area contributed by atoms with Gasteiger partial charge in [0.2, 0.25) is 0 Å². The minimum absolute atomic E-state index is 0.00458. The second-order valence-electron chi connectivity index (χ2n) is 13.2. The Morgan fingerprint density at radius 1 is 0.830 bits per heavy atom. The zero-order valence-corrected chi connectivity index (χ0v) is 30.5. The minimum Gasteiger partial charge on any atom is -0.508 e. The van der Waals surface area contributed by atoms with Gasteiger partial charge in [-0.2, -0.15) is 0 Å². The second kappa shape index (κ2) is 14.7. The van der Waals surface area contributed by atoms with Crippen LogP contribution < -0.4 is 30.0 Å². The molecule has 1 aliphatic rings. The van der Waals surface area contributed by atoms with E-state index in [1.54, 1.807) is 44.6 Å². The van der Waals surface area contributed by atoms with Crippen LogP contribution in [0.5, 0.6) is 34.5 Å². The Morgan fingerprint density at radius 2 is 1.55 bits per heavy atom. The molecular weight excluding hydrogens is 676 g/mol. The van der Waals surface area contributed by atoms with Gasteiger partial charge in [0.25, 0.3) is 0 Å². The predicted octanol–water partition coefficient (Wildman–Crippen LogP) is 9.05. The van der Waals surface area contributed by atoms with Gasteiger partial charge in [0.1, 0.15) is 62.4 Å². The Labute approximate surface area is 305 Å². The Hall–Kier alpha value is -6.42. The molecule has 0 spiro atoms. The maximum atomic E-state index is 12.9. The van der Waals surface area contributed by atoms with Crippen molar-refractivity contribution in [3.8, 4) is 56.9 Å². The van der Waals surface area contributed by atoms with E-state index >= 15 is 0 Å². The number of ether oxygens (including phenoxy) is 4. The van der Waals surface area contributed by atoms with Crippen molar-refractivity contribution in [2.75, 3.05) is 21.3 Å². The lowest BCUT2D eigenvalue weighted by molar-refractivity contribution is 0.157. The molecule has 1 aliphatic heterocycles. The summed E-state index contributed by atoms with van der Waals surface area (Å²) in [6.45, 7) is 7.89. The van der Waals surface area contributed by atoms with Gasteiger partial charge in [0, 0.05) is 23.3 Å². The molecular formula is C43H40O10. The van der Waals surface area contributed by atoms with Crippen LogP contribution in [0.2, 0.25) is 0 Å². The Balaban J connectivity index is 0.000000198. The number of methoxy groups -OCH3 is 3. The molecule has 2 N–H and O–H groups in total. The van der Waals surface area contributed by atoms with Crippen LogP contribution in [0.4, 0.5) is 0 Å². The molecule has 0 amide bonds. The molecule has 0 atom stereocenters. The summed E-state index contributed by atoms with van der Waals surface area (Å²) in [5.41, 5.74) is 3.05. The molecule has 0 saturated carbocycles. The monoisotopic (exact) mass is 716 g/mol. The summed E-state index contributed by atoms with van der Waals surface area (Å²) < 4.78 is 34.0. The van der Waals surface area contributed by atoms with Gasteiger partial charge >= 0.3 is 5.63 Å². The maximum Gasteiger partial charge on any atom is 0.348 e. The molecule has 53 heavy (non-hydrogen) atoms. The number of benzene rings is 4. The molecule has 0 unspecified atom stereocenters.